The molecule has 0 saturated heterocycles. The maximum absolute atomic E-state index is 14.5. The molecule has 2 atom stereocenters. The minimum atomic E-state index is -4.61. The Hall–Kier alpha value is -2.05. The number of anilines is 2. The molecule has 2 aliphatic carbocycles. The first kappa shape index (κ1) is 20.7. The van der Waals surface area contributed by atoms with Crippen molar-refractivity contribution in [3.63, 3.8) is 0 Å². The van der Waals surface area contributed by atoms with Crippen molar-refractivity contribution in [1.82, 2.24) is 15.0 Å². The monoisotopic (exact) mass is 407 g/mol. The minimum absolute atomic E-state index is 0.00379. The lowest BCUT2D eigenvalue weighted by Gasteiger charge is -2.36. The molecule has 0 aliphatic heterocycles. The average molecular weight is 407 g/mol. The third-order valence-electron chi connectivity index (χ3n) is 4.50. The highest BCUT2D eigenvalue weighted by Crippen LogP contribution is 2.46. The van der Waals surface area contributed by atoms with Crippen molar-refractivity contribution < 1.29 is 31.4 Å². The first-order valence-electron chi connectivity index (χ1n) is 8.45. The van der Waals surface area contributed by atoms with Crippen LogP contribution in [0.4, 0.5) is 38.2 Å². The van der Waals surface area contributed by atoms with Gasteiger partial charge >= 0.3 is 6.18 Å². The van der Waals surface area contributed by atoms with E-state index in [-0.39, 0.29) is 12.0 Å². The van der Waals surface area contributed by atoms with E-state index >= 15 is 0 Å². The molecular formula is C15H16BF6N5O. The van der Waals surface area contributed by atoms with Crippen LogP contribution in [0.15, 0.2) is 5.83 Å². The number of nitrogens with one attached hydrogen (secondary N) is 2. The molecule has 1 aromatic heterocycles. The highest BCUT2D eigenvalue weighted by molar-refractivity contribution is 6.18. The first-order chi connectivity index (χ1) is 12.8. The van der Waals surface area contributed by atoms with Gasteiger partial charge in [-0.05, 0) is 26.2 Å². The van der Waals surface area contributed by atoms with Crippen molar-refractivity contribution in [3.05, 3.63) is 11.7 Å². The van der Waals surface area contributed by atoms with Crippen LogP contribution in [0, 0.1) is 0 Å². The second-order valence-electron chi connectivity index (χ2n) is 6.90. The molecule has 0 aromatic carbocycles. The van der Waals surface area contributed by atoms with Crippen LogP contribution in [0.3, 0.4) is 0 Å². The molecule has 1 fully saturated rings. The predicted molar refractivity (Wildman–Crippen MR) is 88.5 cm³/mol. The fourth-order valence-electron chi connectivity index (χ4n) is 2.51. The van der Waals surface area contributed by atoms with E-state index in [0.717, 1.165) is 19.8 Å². The second-order valence-corrected chi connectivity index (χ2v) is 6.90. The Morgan fingerprint density at radius 1 is 1.18 bits per heavy atom. The molecule has 2 radical (unpaired) electrons. The maximum atomic E-state index is 14.5. The maximum Gasteiger partial charge on any atom is 0.408 e. The van der Waals surface area contributed by atoms with Gasteiger partial charge in [-0.25, -0.2) is 13.2 Å². The molecule has 13 heteroatoms. The Morgan fingerprint density at radius 3 is 2.36 bits per heavy atom. The highest BCUT2D eigenvalue weighted by Gasteiger charge is 2.55. The van der Waals surface area contributed by atoms with Crippen molar-refractivity contribution in [2.24, 2.45) is 0 Å². The summed E-state index contributed by atoms with van der Waals surface area (Å²) in [6.45, 7) is 0.830. The first-order valence-corrected chi connectivity index (χ1v) is 8.45. The molecule has 1 aromatic rings. The number of aliphatic hydroxyl groups is 1. The lowest BCUT2D eigenvalue weighted by Crippen LogP contribution is -2.51. The van der Waals surface area contributed by atoms with Crippen LogP contribution < -0.4 is 10.6 Å². The number of halogens is 6. The van der Waals surface area contributed by atoms with Crippen molar-refractivity contribution in [3.8, 4) is 0 Å². The lowest BCUT2D eigenvalue weighted by atomic mass is 9.68. The summed E-state index contributed by atoms with van der Waals surface area (Å²) in [5.74, 6) is -6.79. The van der Waals surface area contributed by atoms with Gasteiger partial charge in [-0.3, -0.25) is 0 Å². The van der Waals surface area contributed by atoms with E-state index in [9.17, 15) is 31.4 Å². The van der Waals surface area contributed by atoms with Crippen LogP contribution in [0.5, 0.6) is 0 Å². The van der Waals surface area contributed by atoms with Gasteiger partial charge in [0.15, 0.2) is 5.82 Å². The highest BCUT2D eigenvalue weighted by atomic mass is 19.4. The summed E-state index contributed by atoms with van der Waals surface area (Å²) in [4.78, 5) is 11.4. The van der Waals surface area contributed by atoms with E-state index in [1.54, 1.807) is 0 Å². The van der Waals surface area contributed by atoms with Gasteiger partial charge in [0.1, 0.15) is 25.2 Å². The summed E-state index contributed by atoms with van der Waals surface area (Å²) in [6, 6.07) is -2.03. The quantitative estimate of drug-likeness (QED) is 0.515. The van der Waals surface area contributed by atoms with Crippen LogP contribution in [0.2, 0.25) is 0 Å². The van der Waals surface area contributed by atoms with E-state index in [1.165, 1.54) is 0 Å². The molecule has 1 unspecified atom stereocenters. The lowest BCUT2D eigenvalue weighted by molar-refractivity contribution is -0.138. The summed E-state index contributed by atoms with van der Waals surface area (Å²) < 4.78 is 80.3. The third-order valence-corrected chi connectivity index (χ3v) is 4.50. The summed E-state index contributed by atoms with van der Waals surface area (Å²) in [5.41, 5.74) is -4.08. The molecule has 1 saturated carbocycles. The minimum Gasteiger partial charge on any atom is -0.387 e. The zero-order chi connectivity index (χ0) is 20.9. The van der Waals surface area contributed by atoms with Crippen molar-refractivity contribution in [1.29, 1.82) is 0 Å². The molecule has 2 aliphatic rings. The zero-order valence-corrected chi connectivity index (χ0v) is 14.6. The van der Waals surface area contributed by atoms with Crippen LogP contribution in [0.25, 0.3) is 5.57 Å². The van der Waals surface area contributed by atoms with Crippen LogP contribution >= 0.6 is 0 Å². The largest absolute Gasteiger partial charge is 0.408 e. The van der Waals surface area contributed by atoms with Gasteiger partial charge < -0.3 is 15.7 Å². The molecule has 1 heterocycles. The number of hydrogen-bond acceptors (Lipinski definition) is 6. The van der Waals surface area contributed by atoms with Crippen molar-refractivity contribution >= 4 is 25.3 Å². The molecule has 0 amide bonds. The molecular weight excluding hydrogens is 391 g/mol. The number of aromatic nitrogens is 3. The third kappa shape index (κ3) is 4.03. The molecule has 3 rings (SSSR count). The SMILES string of the molecule is [B]C1(O)C(F)=C(c2nc(NC3CC3)nc(N[C@@H](C)C(F)(F)F)n2)CCC1(F)F. The molecule has 0 spiro atoms. The molecule has 6 nitrogen and oxygen atoms in total. The Balaban J connectivity index is 2.01. The Labute approximate surface area is 157 Å². The van der Waals surface area contributed by atoms with Crippen molar-refractivity contribution in [2.75, 3.05) is 10.6 Å². The summed E-state index contributed by atoms with van der Waals surface area (Å²) in [7, 11) is 5.05. The number of hydrogen-bond donors (Lipinski definition) is 3. The van der Waals surface area contributed by atoms with E-state index in [4.69, 9.17) is 7.85 Å². The van der Waals surface area contributed by atoms with Gasteiger partial charge in [-0.15, -0.1) is 0 Å². The second kappa shape index (κ2) is 6.78. The van der Waals surface area contributed by atoms with Gasteiger partial charge in [0.2, 0.25) is 11.9 Å². The van der Waals surface area contributed by atoms with E-state index < -0.39 is 59.7 Å². The fraction of sp³-hybridized carbons (Fsp3) is 0.667. The zero-order valence-electron chi connectivity index (χ0n) is 14.6. The average Bonchev–Trinajstić information content (AvgIpc) is 3.36. The summed E-state index contributed by atoms with van der Waals surface area (Å²) in [5, 5.41) is 14.6. The van der Waals surface area contributed by atoms with Crippen molar-refractivity contribution in [2.45, 2.75) is 62.3 Å². The Morgan fingerprint density at radius 2 is 1.79 bits per heavy atom. The van der Waals surface area contributed by atoms with Gasteiger partial charge in [0, 0.05) is 18.0 Å². The topological polar surface area (TPSA) is 83.0 Å². The normalized spacial score (nSPS) is 26.1. The molecule has 3 N–H and O–H groups in total. The standard InChI is InChI=1S/C15H16BF6N5O/c1-6(15(20,21)22)23-11-25-10(26-12(27-11)24-7-2-3-7)8-4-5-13(18,19)14(16,28)9(8)17/h6-7,28H,2-5H2,1H3,(H2,23,24,25,26,27)/t6-,14?/m0/s1. The molecule has 152 valence electrons. The number of nitrogens with zero attached hydrogens (tertiary/aromatic N) is 3. The van der Waals surface area contributed by atoms with Gasteiger partial charge in [-0.2, -0.15) is 28.1 Å². The van der Waals surface area contributed by atoms with E-state index in [0.29, 0.717) is 0 Å². The van der Waals surface area contributed by atoms with E-state index in [1.807, 2.05) is 5.32 Å². The van der Waals surface area contributed by atoms with Gasteiger partial charge in [0.05, 0.1) is 0 Å². The van der Waals surface area contributed by atoms with Gasteiger partial charge in [-0.1, -0.05) is 0 Å². The predicted octanol–water partition coefficient (Wildman–Crippen LogP) is 2.78. The molecule has 28 heavy (non-hydrogen) atoms. The number of alkyl halides is 5. The summed E-state index contributed by atoms with van der Waals surface area (Å²) in [6.07, 6.45) is -4.59. The Kier molecular flexibility index (Phi) is 5.01. The van der Waals surface area contributed by atoms with Gasteiger partial charge in [0.25, 0.3) is 5.92 Å². The van der Waals surface area contributed by atoms with E-state index in [2.05, 4.69) is 20.3 Å². The number of allylic oxidation sites excluding steroid dienone is 1. The number of rotatable bonds is 5. The van der Waals surface area contributed by atoms with Crippen LogP contribution in [-0.4, -0.2) is 57.6 Å². The summed E-state index contributed by atoms with van der Waals surface area (Å²) >= 11 is 0. The smallest absolute Gasteiger partial charge is 0.387 e. The molecule has 0 bridgehead atoms. The fourth-order valence-corrected chi connectivity index (χ4v) is 2.51. The Bertz CT molecular complexity index is 796. The van der Waals surface area contributed by atoms with Crippen LogP contribution in [0.1, 0.15) is 38.4 Å². The van der Waals surface area contributed by atoms with Crippen LogP contribution in [-0.2, 0) is 0 Å².